The minimum absolute atomic E-state index is 0.143. The molecule has 2 amide bonds. The van der Waals surface area contributed by atoms with Gasteiger partial charge in [0.1, 0.15) is 6.04 Å². The van der Waals surface area contributed by atoms with Gasteiger partial charge < -0.3 is 20.7 Å². The highest BCUT2D eigenvalue weighted by Crippen LogP contribution is 2.26. The molecule has 3 aromatic rings. The van der Waals surface area contributed by atoms with Gasteiger partial charge in [0.15, 0.2) is 5.78 Å². The van der Waals surface area contributed by atoms with Crippen molar-refractivity contribution in [2.24, 2.45) is 17.6 Å². The molecule has 0 spiro atoms. The van der Waals surface area contributed by atoms with Crippen LogP contribution in [0.25, 0.3) is 10.8 Å². The lowest BCUT2D eigenvalue weighted by Crippen LogP contribution is -2.52. The molecule has 7 nitrogen and oxygen atoms in total. The van der Waals surface area contributed by atoms with Crippen molar-refractivity contribution < 1.29 is 19.1 Å². The number of methoxy groups -OCH3 is 1. The summed E-state index contributed by atoms with van der Waals surface area (Å²) < 4.78 is 5.10. The molecular formula is C35H45N3O4. The molecule has 0 fully saturated rings. The van der Waals surface area contributed by atoms with Crippen molar-refractivity contribution in [2.45, 2.75) is 51.6 Å². The van der Waals surface area contributed by atoms with Gasteiger partial charge in [0.05, 0.1) is 12.5 Å². The molecule has 0 heterocycles. The molecule has 3 atom stereocenters. The number of hydrogen-bond donors (Lipinski definition) is 2. The number of carbonyl (C=O) groups is 3. The van der Waals surface area contributed by atoms with Crippen molar-refractivity contribution in [3.63, 3.8) is 0 Å². The van der Waals surface area contributed by atoms with Gasteiger partial charge in [-0.2, -0.15) is 0 Å². The highest BCUT2D eigenvalue weighted by molar-refractivity contribution is 5.96. The standard InChI is InChI=1S/C35H45N3O4/c1-25(32(39)16-11-19-35(2,3)36)30(23-27-17-18-28-14-9-10-15-29(28)22-27)34(41)38(4)31(33(40)37-20-21-42-5)24-26-12-7-6-8-13-26/h6-18,22,25,30-31H,19-21,23-24,36H2,1-5H3,(H,37,40)/t25?,30-,31+/m0/s1. The quantitative estimate of drug-likeness (QED) is 0.203. The molecule has 7 heteroatoms. The summed E-state index contributed by atoms with van der Waals surface area (Å²) in [6, 6.07) is 23.0. The van der Waals surface area contributed by atoms with Crippen LogP contribution in [0.2, 0.25) is 0 Å². The smallest absolute Gasteiger partial charge is 0.243 e. The lowest BCUT2D eigenvalue weighted by atomic mass is 9.83. The Kier molecular flexibility index (Phi) is 12.0. The van der Waals surface area contributed by atoms with Crippen molar-refractivity contribution in [1.82, 2.24) is 10.2 Å². The molecule has 0 aliphatic heterocycles. The highest BCUT2D eigenvalue weighted by atomic mass is 16.5. The Morgan fingerprint density at radius 1 is 0.952 bits per heavy atom. The number of fused-ring (bicyclic) bond motifs is 1. The molecule has 0 saturated heterocycles. The number of nitrogens with zero attached hydrogens (tertiary/aromatic N) is 1. The van der Waals surface area contributed by atoms with E-state index in [2.05, 4.69) is 11.4 Å². The number of rotatable bonds is 15. The van der Waals surface area contributed by atoms with Crippen molar-refractivity contribution in [1.29, 1.82) is 0 Å². The first-order valence-electron chi connectivity index (χ1n) is 14.5. The zero-order chi connectivity index (χ0) is 30.7. The number of carbonyl (C=O) groups excluding carboxylic acids is 3. The van der Waals surface area contributed by atoms with Crippen LogP contribution < -0.4 is 11.1 Å². The molecule has 0 aromatic heterocycles. The van der Waals surface area contributed by atoms with E-state index in [-0.39, 0.29) is 17.6 Å². The Hall–Kier alpha value is -3.81. The summed E-state index contributed by atoms with van der Waals surface area (Å²) in [4.78, 5) is 42.6. The van der Waals surface area contributed by atoms with Gasteiger partial charge in [-0.25, -0.2) is 0 Å². The van der Waals surface area contributed by atoms with Crippen LogP contribution in [0.5, 0.6) is 0 Å². The maximum atomic E-state index is 14.3. The number of nitrogens with two attached hydrogens (primary N) is 1. The predicted octanol–water partition coefficient (Wildman–Crippen LogP) is 4.72. The van der Waals surface area contributed by atoms with Crippen LogP contribution in [0.4, 0.5) is 0 Å². The largest absolute Gasteiger partial charge is 0.383 e. The normalized spacial score (nSPS) is 14.0. The molecule has 1 unspecified atom stereocenters. The van der Waals surface area contributed by atoms with E-state index in [9.17, 15) is 14.4 Å². The summed E-state index contributed by atoms with van der Waals surface area (Å²) in [6.07, 6.45) is 4.56. The Morgan fingerprint density at radius 3 is 2.29 bits per heavy atom. The predicted molar refractivity (Wildman–Crippen MR) is 169 cm³/mol. The minimum Gasteiger partial charge on any atom is -0.383 e. The molecule has 42 heavy (non-hydrogen) atoms. The van der Waals surface area contributed by atoms with Gasteiger partial charge in [-0.3, -0.25) is 14.4 Å². The van der Waals surface area contributed by atoms with Crippen LogP contribution in [0.1, 0.15) is 38.3 Å². The second kappa shape index (κ2) is 15.4. The Labute approximate surface area is 250 Å². The summed E-state index contributed by atoms with van der Waals surface area (Å²) in [5.74, 6) is -1.95. The van der Waals surface area contributed by atoms with E-state index in [1.807, 2.05) is 80.6 Å². The Bertz CT molecular complexity index is 1360. The molecule has 0 saturated carbocycles. The lowest BCUT2D eigenvalue weighted by molar-refractivity contribution is -0.144. The molecule has 0 bridgehead atoms. The Balaban J connectivity index is 1.94. The van der Waals surface area contributed by atoms with Gasteiger partial charge in [-0.05, 0) is 54.7 Å². The van der Waals surface area contributed by atoms with Crippen LogP contribution in [-0.2, 0) is 32.0 Å². The van der Waals surface area contributed by atoms with E-state index in [1.165, 1.54) is 4.90 Å². The number of benzene rings is 3. The SMILES string of the molecule is COCCNC(=O)[C@@H](Cc1ccccc1)N(C)C(=O)[C@@H](Cc1ccc2ccccc2c1)C(C)C(=O)C=CCC(C)(C)N. The fraction of sp³-hybridized carbons (Fsp3) is 0.400. The number of ether oxygens (including phenoxy) is 1. The fourth-order valence-corrected chi connectivity index (χ4v) is 4.98. The molecule has 3 aromatic carbocycles. The van der Waals surface area contributed by atoms with E-state index in [0.29, 0.717) is 32.4 Å². The highest BCUT2D eigenvalue weighted by Gasteiger charge is 2.36. The van der Waals surface area contributed by atoms with Crippen LogP contribution in [0.3, 0.4) is 0 Å². The fourth-order valence-electron chi connectivity index (χ4n) is 4.98. The first kappa shape index (κ1) is 32.7. The molecule has 3 rings (SSSR count). The minimum atomic E-state index is -0.758. The molecule has 0 aliphatic carbocycles. The van der Waals surface area contributed by atoms with Gasteiger partial charge in [-0.1, -0.05) is 85.8 Å². The molecule has 0 aliphatic rings. The van der Waals surface area contributed by atoms with Crippen molar-refractivity contribution in [3.8, 4) is 0 Å². The van der Waals surface area contributed by atoms with E-state index in [0.717, 1.165) is 21.9 Å². The first-order valence-corrected chi connectivity index (χ1v) is 14.5. The van der Waals surface area contributed by atoms with E-state index in [4.69, 9.17) is 10.5 Å². The summed E-state index contributed by atoms with van der Waals surface area (Å²) in [5.41, 5.74) is 7.54. The zero-order valence-corrected chi connectivity index (χ0v) is 25.5. The number of nitrogens with one attached hydrogen (secondary N) is 1. The van der Waals surface area contributed by atoms with Gasteiger partial charge in [-0.15, -0.1) is 0 Å². The summed E-state index contributed by atoms with van der Waals surface area (Å²) in [7, 11) is 3.23. The van der Waals surface area contributed by atoms with Gasteiger partial charge in [0.2, 0.25) is 11.8 Å². The van der Waals surface area contributed by atoms with Crippen LogP contribution >= 0.6 is 0 Å². The number of allylic oxidation sites excluding steroid dienone is 1. The zero-order valence-electron chi connectivity index (χ0n) is 25.5. The third-order valence-electron chi connectivity index (χ3n) is 7.56. The van der Waals surface area contributed by atoms with Crippen LogP contribution in [0, 0.1) is 11.8 Å². The molecule has 0 radical (unpaired) electrons. The summed E-state index contributed by atoms with van der Waals surface area (Å²) in [5, 5.41) is 5.07. The lowest BCUT2D eigenvalue weighted by Gasteiger charge is -2.32. The summed E-state index contributed by atoms with van der Waals surface area (Å²) in [6.45, 7) is 6.29. The second-order valence-corrected chi connectivity index (χ2v) is 11.7. The van der Waals surface area contributed by atoms with Gasteiger partial charge >= 0.3 is 0 Å². The van der Waals surface area contributed by atoms with Crippen molar-refractivity contribution in [3.05, 3.63) is 96.1 Å². The topological polar surface area (TPSA) is 102 Å². The Morgan fingerprint density at radius 2 is 1.62 bits per heavy atom. The average Bonchev–Trinajstić information content (AvgIpc) is 2.97. The average molecular weight is 572 g/mol. The van der Waals surface area contributed by atoms with Crippen molar-refractivity contribution in [2.75, 3.05) is 27.3 Å². The first-order chi connectivity index (χ1) is 20.0. The van der Waals surface area contributed by atoms with E-state index < -0.39 is 23.4 Å². The van der Waals surface area contributed by atoms with Crippen LogP contribution in [0.15, 0.2) is 84.9 Å². The maximum Gasteiger partial charge on any atom is 0.243 e. The maximum absolute atomic E-state index is 14.3. The number of ketones is 1. The molecule has 224 valence electrons. The third kappa shape index (κ3) is 9.64. The molecular weight excluding hydrogens is 526 g/mol. The van der Waals surface area contributed by atoms with E-state index >= 15 is 0 Å². The molecule has 3 N–H and O–H groups in total. The number of amides is 2. The van der Waals surface area contributed by atoms with Gasteiger partial charge in [0, 0.05) is 38.6 Å². The van der Waals surface area contributed by atoms with Crippen LogP contribution in [-0.4, -0.2) is 61.4 Å². The van der Waals surface area contributed by atoms with Crippen molar-refractivity contribution >= 4 is 28.4 Å². The number of hydrogen-bond acceptors (Lipinski definition) is 5. The second-order valence-electron chi connectivity index (χ2n) is 11.7. The number of likely N-dealkylation sites (N-methyl/N-ethyl adjacent to an activating group) is 1. The third-order valence-corrected chi connectivity index (χ3v) is 7.56. The summed E-state index contributed by atoms with van der Waals surface area (Å²) >= 11 is 0. The monoisotopic (exact) mass is 571 g/mol. The van der Waals surface area contributed by atoms with E-state index in [1.54, 1.807) is 33.2 Å². The van der Waals surface area contributed by atoms with Gasteiger partial charge in [0.25, 0.3) is 0 Å².